The van der Waals surface area contributed by atoms with Crippen molar-refractivity contribution in [3.8, 4) is 0 Å². The Morgan fingerprint density at radius 1 is 1.38 bits per heavy atom. The molecule has 26 heavy (non-hydrogen) atoms. The molecule has 2 aliphatic heterocycles. The highest BCUT2D eigenvalue weighted by atomic mass is 32.2. The second-order valence-corrected chi connectivity index (χ2v) is 8.20. The van der Waals surface area contributed by atoms with E-state index in [0.717, 1.165) is 59.7 Å². The molecular formula is C19H25N5OS. The average Bonchev–Trinajstić information content (AvgIpc) is 2.91. The Bertz CT molecular complexity index is 846. The number of nitrogens with zero attached hydrogens (tertiary/aromatic N) is 3. The first-order chi connectivity index (χ1) is 12.6. The molecule has 4 rings (SSSR count). The van der Waals surface area contributed by atoms with E-state index in [2.05, 4.69) is 21.8 Å². The minimum absolute atomic E-state index is 0.0917. The fourth-order valence-corrected chi connectivity index (χ4v) is 4.72. The monoisotopic (exact) mass is 371 g/mol. The number of pyridine rings is 1. The van der Waals surface area contributed by atoms with Crippen molar-refractivity contribution in [1.82, 2.24) is 14.9 Å². The third kappa shape index (κ3) is 3.33. The number of fused-ring (bicyclic) bond motifs is 1. The third-order valence-corrected chi connectivity index (χ3v) is 6.10. The first kappa shape index (κ1) is 17.4. The molecule has 2 aromatic heterocycles. The summed E-state index contributed by atoms with van der Waals surface area (Å²) in [7, 11) is 0. The summed E-state index contributed by atoms with van der Waals surface area (Å²) < 4.78 is 0. The number of H-pyrrole nitrogens is 1. The quantitative estimate of drug-likeness (QED) is 0.848. The van der Waals surface area contributed by atoms with Crippen LogP contribution < -0.4 is 10.6 Å². The molecule has 1 atom stereocenters. The molecule has 0 radical (unpaired) electrons. The van der Waals surface area contributed by atoms with Crippen molar-refractivity contribution in [3.05, 3.63) is 35.1 Å². The Labute approximate surface area is 157 Å². The van der Waals surface area contributed by atoms with E-state index in [4.69, 9.17) is 5.73 Å². The van der Waals surface area contributed by atoms with Gasteiger partial charge in [-0.2, -0.15) is 0 Å². The second kappa shape index (κ2) is 7.32. The molecule has 1 fully saturated rings. The molecule has 0 aromatic carbocycles. The van der Waals surface area contributed by atoms with Gasteiger partial charge in [-0.3, -0.25) is 4.79 Å². The lowest BCUT2D eigenvalue weighted by Crippen LogP contribution is -2.41. The number of aryl methyl sites for hydroxylation is 1. The van der Waals surface area contributed by atoms with Crippen molar-refractivity contribution < 1.29 is 4.79 Å². The minimum Gasteiger partial charge on any atom is -0.346 e. The number of carbonyl (C=O) groups is 1. The van der Waals surface area contributed by atoms with Gasteiger partial charge >= 0.3 is 0 Å². The lowest BCUT2D eigenvalue weighted by Gasteiger charge is -2.29. The summed E-state index contributed by atoms with van der Waals surface area (Å²) in [6, 6.07) is 2.12. The number of hydrogen-bond donors (Lipinski definition) is 2. The maximum absolute atomic E-state index is 13.0. The molecule has 4 heterocycles. The largest absolute Gasteiger partial charge is 0.346 e. The minimum atomic E-state index is 0.0917. The number of nitrogens with one attached hydrogen (secondary N) is 1. The van der Waals surface area contributed by atoms with Crippen LogP contribution in [0.5, 0.6) is 0 Å². The van der Waals surface area contributed by atoms with E-state index >= 15 is 0 Å². The Balaban J connectivity index is 1.63. The second-order valence-electron chi connectivity index (χ2n) is 7.07. The van der Waals surface area contributed by atoms with Crippen LogP contribution in [0.2, 0.25) is 0 Å². The molecule has 6 nitrogen and oxygen atoms in total. The van der Waals surface area contributed by atoms with E-state index < -0.39 is 0 Å². The first-order valence-electron chi connectivity index (χ1n) is 9.22. The standard InChI is InChI=1S/C19H25N5OS/c1-13-10-22-18-17(13)15(5-6-21-18)23-8-9-26-16(12-23)19(25)24-7-3-2-4-14(20)11-24/h5-6,10,12,14H,2-4,7-9,11,20H2,1H3,(H,21,22). The number of anilines is 1. The van der Waals surface area contributed by atoms with Crippen LogP contribution in [-0.4, -0.2) is 52.2 Å². The SMILES string of the molecule is Cc1c[nH]c2nccc(N3C=C(C(=O)N4CCCCC(N)C4)SCC3)c12. The Morgan fingerprint density at radius 3 is 3.15 bits per heavy atom. The van der Waals surface area contributed by atoms with Crippen LogP contribution in [0.15, 0.2) is 29.6 Å². The van der Waals surface area contributed by atoms with Crippen LogP contribution in [-0.2, 0) is 4.79 Å². The van der Waals surface area contributed by atoms with Crippen LogP contribution in [0, 0.1) is 6.92 Å². The summed E-state index contributed by atoms with van der Waals surface area (Å²) in [6.45, 7) is 4.43. The van der Waals surface area contributed by atoms with E-state index in [-0.39, 0.29) is 11.9 Å². The Hall–Kier alpha value is -1.99. The summed E-state index contributed by atoms with van der Waals surface area (Å²) in [5.74, 6) is 1.01. The van der Waals surface area contributed by atoms with Gasteiger partial charge in [-0.1, -0.05) is 6.42 Å². The number of carbonyl (C=O) groups excluding carboxylic acids is 1. The number of thioether (sulfide) groups is 1. The zero-order valence-corrected chi connectivity index (χ0v) is 15.9. The van der Waals surface area contributed by atoms with Crippen molar-refractivity contribution in [2.45, 2.75) is 32.2 Å². The van der Waals surface area contributed by atoms with Gasteiger partial charge in [-0.05, 0) is 31.4 Å². The van der Waals surface area contributed by atoms with Crippen LogP contribution in [0.3, 0.4) is 0 Å². The van der Waals surface area contributed by atoms with Gasteiger partial charge in [-0.15, -0.1) is 11.8 Å². The molecule has 0 aliphatic carbocycles. The molecule has 1 amide bonds. The topological polar surface area (TPSA) is 78.2 Å². The van der Waals surface area contributed by atoms with Crippen LogP contribution >= 0.6 is 11.8 Å². The van der Waals surface area contributed by atoms with Crippen LogP contribution in [0.25, 0.3) is 11.0 Å². The molecule has 0 saturated carbocycles. The van der Waals surface area contributed by atoms with Gasteiger partial charge in [0, 0.05) is 55.4 Å². The van der Waals surface area contributed by atoms with Gasteiger partial charge in [-0.25, -0.2) is 4.98 Å². The molecule has 7 heteroatoms. The molecular weight excluding hydrogens is 346 g/mol. The maximum Gasteiger partial charge on any atom is 0.261 e. The molecule has 3 N–H and O–H groups in total. The number of amides is 1. The summed E-state index contributed by atoms with van der Waals surface area (Å²) in [6.07, 6.45) is 8.95. The average molecular weight is 372 g/mol. The number of nitrogens with two attached hydrogens (primary N) is 1. The zero-order chi connectivity index (χ0) is 18.1. The van der Waals surface area contributed by atoms with Crippen LogP contribution in [0.1, 0.15) is 24.8 Å². The van der Waals surface area contributed by atoms with Gasteiger partial charge < -0.3 is 20.5 Å². The van der Waals surface area contributed by atoms with Crippen molar-refractivity contribution >= 4 is 34.4 Å². The van der Waals surface area contributed by atoms with E-state index in [1.807, 2.05) is 29.6 Å². The summed E-state index contributed by atoms with van der Waals surface area (Å²) in [5, 5.41) is 1.12. The first-order valence-corrected chi connectivity index (χ1v) is 10.2. The lowest BCUT2D eigenvalue weighted by molar-refractivity contribution is -0.126. The maximum atomic E-state index is 13.0. The lowest BCUT2D eigenvalue weighted by atomic mass is 10.2. The number of rotatable bonds is 2. The Kier molecular flexibility index (Phi) is 4.91. The van der Waals surface area contributed by atoms with Gasteiger partial charge in [0.2, 0.25) is 0 Å². The molecule has 0 bridgehead atoms. The summed E-state index contributed by atoms with van der Waals surface area (Å²) in [4.78, 5) is 25.6. The van der Waals surface area contributed by atoms with Crippen LogP contribution in [0.4, 0.5) is 5.69 Å². The Morgan fingerprint density at radius 2 is 2.27 bits per heavy atom. The summed E-state index contributed by atoms with van der Waals surface area (Å²) >= 11 is 1.65. The van der Waals surface area contributed by atoms with E-state index in [1.165, 1.54) is 5.56 Å². The molecule has 1 unspecified atom stereocenters. The van der Waals surface area contributed by atoms with E-state index in [1.54, 1.807) is 11.8 Å². The molecule has 0 spiro atoms. The normalized spacial score (nSPS) is 21.6. The van der Waals surface area contributed by atoms with Gasteiger partial charge in [0.25, 0.3) is 5.91 Å². The van der Waals surface area contributed by atoms with E-state index in [0.29, 0.717) is 6.54 Å². The van der Waals surface area contributed by atoms with Gasteiger partial charge in [0.1, 0.15) is 5.65 Å². The predicted octanol–water partition coefficient (Wildman–Crippen LogP) is 2.61. The van der Waals surface area contributed by atoms with E-state index in [9.17, 15) is 4.79 Å². The number of likely N-dealkylation sites (tertiary alicyclic amines) is 1. The smallest absolute Gasteiger partial charge is 0.261 e. The molecule has 2 aliphatic rings. The van der Waals surface area contributed by atoms with Crippen molar-refractivity contribution in [2.75, 3.05) is 30.3 Å². The highest BCUT2D eigenvalue weighted by molar-refractivity contribution is 8.04. The predicted molar refractivity (Wildman–Crippen MR) is 107 cm³/mol. The highest BCUT2D eigenvalue weighted by Gasteiger charge is 2.26. The molecule has 1 saturated heterocycles. The summed E-state index contributed by atoms with van der Waals surface area (Å²) in [5.41, 5.74) is 9.30. The fraction of sp³-hybridized carbons (Fsp3) is 0.474. The van der Waals surface area contributed by atoms with Crippen molar-refractivity contribution in [1.29, 1.82) is 0 Å². The zero-order valence-electron chi connectivity index (χ0n) is 15.1. The highest BCUT2D eigenvalue weighted by Crippen LogP contribution is 2.33. The number of aromatic amines is 1. The number of hydrogen-bond acceptors (Lipinski definition) is 5. The number of aromatic nitrogens is 2. The van der Waals surface area contributed by atoms with Crippen molar-refractivity contribution in [3.63, 3.8) is 0 Å². The molecule has 2 aromatic rings. The molecule has 138 valence electrons. The van der Waals surface area contributed by atoms with Gasteiger partial charge in [0.15, 0.2) is 0 Å². The van der Waals surface area contributed by atoms with Gasteiger partial charge in [0.05, 0.1) is 10.6 Å². The third-order valence-electron chi connectivity index (χ3n) is 5.13. The van der Waals surface area contributed by atoms with Crippen molar-refractivity contribution in [2.24, 2.45) is 5.73 Å². The fourth-order valence-electron chi connectivity index (χ4n) is 3.76.